The van der Waals surface area contributed by atoms with E-state index in [9.17, 15) is 9.90 Å². The first-order chi connectivity index (χ1) is 7.99. The molecule has 2 fully saturated rings. The Balaban J connectivity index is 1.89. The molecular weight excluding hydrogens is 218 g/mol. The summed E-state index contributed by atoms with van der Waals surface area (Å²) in [6.45, 7) is 7.74. The van der Waals surface area contributed by atoms with Crippen LogP contribution in [0.25, 0.3) is 0 Å². The van der Waals surface area contributed by atoms with E-state index < -0.39 is 5.97 Å². The van der Waals surface area contributed by atoms with E-state index >= 15 is 0 Å². The van der Waals surface area contributed by atoms with Crippen LogP contribution >= 0.6 is 0 Å². The molecule has 4 heteroatoms. The van der Waals surface area contributed by atoms with Crippen molar-refractivity contribution in [3.05, 3.63) is 0 Å². The van der Waals surface area contributed by atoms with E-state index in [2.05, 4.69) is 18.7 Å². The summed E-state index contributed by atoms with van der Waals surface area (Å²) in [6, 6.07) is 0. The first-order valence-electron chi connectivity index (χ1n) is 6.56. The SMILES string of the molecule is CC1(C)CN(CC2CCCO2)CCC1C(=O)O. The molecule has 2 atom stereocenters. The molecule has 98 valence electrons. The third kappa shape index (κ3) is 2.99. The van der Waals surface area contributed by atoms with Gasteiger partial charge >= 0.3 is 5.97 Å². The van der Waals surface area contributed by atoms with E-state index in [-0.39, 0.29) is 11.3 Å². The maximum Gasteiger partial charge on any atom is 0.307 e. The van der Waals surface area contributed by atoms with E-state index in [1.54, 1.807) is 0 Å². The van der Waals surface area contributed by atoms with Crippen molar-refractivity contribution < 1.29 is 14.6 Å². The Morgan fingerprint density at radius 3 is 2.76 bits per heavy atom. The summed E-state index contributed by atoms with van der Waals surface area (Å²) >= 11 is 0. The van der Waals surface area contributed by atoms with Crippen LogP contribution in [0.2, 0.25) is 0 Å². The number of hydrogen-bond acceptors (Lipinski definition) is 3. The van der Waals surface area contributed by atoms with E-state index in [1.807, 2.05) is 0 Å². The van der Waals surface area contributed by atoms with Gasteiger partial charge in [-0.05, 0) is 31.2 Å². The summed E-state index contributed by atoms with van der Waals surface area (Å²) < 4.78 is 5.64. The summed E-state index contributed by atoms with van der Waals surface area (Å²) in [6.07, 6.45) is 3.45. The first-order valence-corrected chi connectivity index (χ1v) is 6.56. The molecule has 0 radical (unpaired) electrons. The summed E-state index contributed by atoms with van der Waals surface area (Å²) in [5.74, 6) is -0.852. The van der Waals surface area contributed by atoms with Gasteiger partial charge in [-0.3, -0.25) is 4.79 Å². The van der Waals surface area contributed by atoms with Crippen LogP contribution in [0, 0.1) is 11.3 Å². The molecule has 0 aliphatic carbocycles. The van der Waals surface area contributed by atoms with Crippen LogP contribution in [0.4, 0.5) is 0 Å². The van der Waals surface area contributed by atoms with Crippen LogP contribution in [0.5, 0.6) is 0 Å². The minimum atomic E-state index is -0.647. The quantitative estimate of drug-likeness (QED) is 0.815. The first kappa shape index (κ1) is 12.8. The molecule has 4 nitrogen and oxygen atoms in total. The Labute approximate surface area is 103 Å². The van der Waals surface area contributed by atoms with Gasteiger partial charge in [0.15, 0.2) is 0 Å². The molecule has 1 N–H and O–H groups in total. The van der Waals surface area contributed by atoms with Crippen molar-refractivity contribution in [2.24, 2.45) is 11.3 Å². The monoisotopic (exact) mass is 241 g/mol. The molecule has 0 saturated carbocycles. The average Bonchev–Trinajstić information content (AvgIpc) is 2.68. The van der Waals surface area contributed by atoms with Crippen LogP contribution in [0.1, 0.15) is 33.1 Å². The second-order valence-corrected chi connectivity index (χ2v) is 6.04. The highest BCUT2D eigenvalue weighted by molar-refractivity contribution is 5.71. The highest BCUT2D eigenvalue weighted by atomic mass is 16.5. The minimum Gasteiger partial charge on any atom is -0.481 e. The smallest absolute Gasteiger partial charge is 0.307 e. The topological polar surface area (TPSA) is 49.8 Å². The summed E-state index contributed by atoms with van der Waals surface area (Å²) in [4.78, 5) is 13.5. The summed E-state index contributed by atoms with van der Waals surface area (Å²) in [5, 5.41) is 9.20. The van der Waals surface area contributed by atoms with Crippen molar-refractivity contribution in [3.8, 4) is 0 Å². The van der Waals surface area contributed by atoms with Crippen LogP contribution in [0.3, 0.4) is 0 Å². The van der Waals surface area contributed by atoms with Crippen molar-refractivity contribution in [2.75, 3.05) is 26.2 Å². The van der Waals surface area contributed by atoms with Gasteiger partial charge in [-0.15, -0.1) is 0 Å². The molecule has 0 spiro atoms. The zero-order valence-corrected chi connectivity index (χ0v) is 10.8. The Kier molecular flexibility index (Phi) is 3.73. The number of piperidine rings is 1. The lowest BCUT2D eigenvalue weighted by Gasteiger charge is -2.43. The number of carboxylic acids is 1. The Hall–Kier alpha value is -0.610. The van der Waals surface area contributed by atoms with Crippen molar-refractivity contribution in [1.29, 1.82) is 0 Å². The van der Waals surface area contributed by atoms with Crippen LogP contribution in [-0.4, -0.2) is 48.3 Å². The standard InChI is InChI=1S/C13H23NO3/c1-13(2)9-14(6-5-11(13)12(15)16)8-10-4-3-7-17-10/h10-11H,3-9H2,1-2H3,(H,15,16). The fraction of sp³-hybridized carbons (Fsp3) is 0.923. The van der Waals surface area contributed by atoms with Gasteiger partial charge in [0.1, 0.15) is 0 Å². The second-order valence-electron chi connectivity index (χ2n) is 6.04. The Morgan fingerprint density at radius 2 is 2.24 bits per heavy atom. The molecule has 0 aromatic rings. The van der Waals surface area contributed by atoms with Gasteiger partial charge < -0.3 is 14.7 Å². The number of carboxylic acid groups (broad SMARTS) is 1. The highest BCUT2D eigenvalue weighted by Gasteiger charge is 2.40. The van der Waals surface area contributed by atoms with Gasteiger partial charge in [0.25, 0.3) is 0 Å². The number of aliphatic carboxylic acids is 1. The summed E-state index contributed by atoms with van der Waals surface area (Å²) in [5.41, 5.74) is -0.136. The fourth-order valence-electron chi connectivity index (χ4n) is 3.16. The third-order valence-corrected chi connectivity index (χ3v) is 4.09. The third-order valence-electron chi connectivity index (χ3n) is 4.09. The van der Waals surface area contributed by atoms with Gasteiger partial charge in [-0.25, -0.2) is 0 Å². The number of likely N-dealkylation sites (tertiary alicyclic amines) is 1. The number of hydrogen-bond donors (Lipinski definition) is 1. The molecule has 0 aromatic carbocycles. The number of rotatable bonds is 3. The number of carbonyl (C=O) groups is 1. The van der Waals surface area contributed by atoms with Gasteiger partial charge in [-0.2, -0.15) is 0 Å². The van der Waals surface area contributed by atoms with Crippen LogP contribution < -0.4 is 0 Å². The minimum absolute atomic E-state index is 0.136. The van der Waals surface area contributed by atoms with Gasteiger partial charge in [0.05, 0.1) is 12.0 Å². The van der Waals surface area contributed by atoms with E-state index in [1.165, 1.54) is 6.42 Å². The molecule has 0 bridgehead atoms. The predicted octanol–water partition coefficient (Wildman–Crippen LogP) is 1.60. The van der Waals surface area contributed by atoms with E-state index in [4.69, 9.17) is 4.74 Å². The predicted molar refractivity (Wildman–Crippen MR) is 64.9 cm³/mol. The maximum atomic E-state index is 11.2. The lowest BCUT2D eigenvalue weighted by Crippen LogP contribution is -2.50. The summed E-state index contributed by atoms with van der Waals surface area (Å²) in [7, 11) is 0. The maximum absolute atomic E-state index is 11.2. The molecule has 2 aliphatic rings. The number of ether oxygens (including phenoxy) is 1. The van der Waals surface area contributed by atoms with Crippen molar-refractivity contribution in [2.45, 2.75) is 39.2 Å². The largest absolute Gasteiger partial charge is 0.481 e. The van der Waals surface area contributed by atoms with E-state index in [0.717, 1.165) is 39.1 Å². The molecule has 2 rings (SSSR count). The molecule has 2 unspecified atom stereocenters. The van der Waals surface area contributed by atoms with Gasteiger partial charge in [-0.1, -0.05) is 13.8 Å². The molecule has 2 aliphatic heterocycles. The normalized spacial score (nSPS) is 33.8. The van der Waals surface area contributed by atoms with E-state index in [0.29, 0.717) is 6.10 Å². The fourth-order valence-corrected chi connectivity index (χ4v) is 3.16. The molecule has 0 aromatic heterocycles. The van der Waals surface area contributed by atoms with Crippen molar-refractivity contribution >= 4 is 5.97 Å². The lowest BCUT2D eigenvalue weighted by molar-refractivity contribution is -0.149. The zero-order chi connectivity index (χ0) is 12.5. The molecule has 17 heavy (non-hydrogen) atoms. The van der Waals surface area contributed by atoms with Gasteiger partial charge in [0.2, 0.25) is 0 Å². The molecule has 0 amide bonds. The van der Waals surface area contributed by atoms with Crippen molar-refractivity contribution in [3.63, 3.8) is 0 Å². The number of nitrogens with zero attached hydrogens (tertiary/aromatic N) is 1. The second kappa shape index (κ2) is 4.94. The molecule has 2 heterocycles. The van der Waals surface area contributed by atoms with Crippen molar-refractivity contribution in [1.82, 2.24) is 4.90 Å². The Bertz CT molecular complexity index is 284. The zero-order valence-electron chi connectivity index (χ0n) is 10.8. The molecular formula is C13H23NO3. The lowest BCUT2D eigenvalue weighted by atomic mass is 9.74. The average molecular weight is 241 g/mol. The van der Waals surface area contributed by atoms with Crippen LogP contribution in [-0.2, 0) is 9.53 Å². The Morgan fingerprint density at radius 1 is 1.47 bits per heavy atom. The van der Waals surface area contributed by atoms with Crippen LogP contribution in [0.15, 0.2) is 0 Å². The highest BCUT2D eigenvalue weighted by Crippen LogP contribution is 2.35. The van der Waals surface area contributed by atoms with Gasteiger partial charge in [0, 0.05) is 19.7 Å². The molecule has 2 saturated heterocycles.